The summed E-state index contributed by atoms with van der Waals surface area (Å²) < 4.78 is 13.0. The highest BCUT2D eigenvalue weighted by molar-refractivity contribution is 7.98. The van der Waals surface area contributed by atoms with Crippen LogP contribution >= 0.6 is 23.1 Å². The second-order valence-electron chi connectivity index (χ2n) is 7.58. The van der Waals surface area contributed by atoms with Crippen LogP contribution in [-0.2, 0) is 9.53 Å². The number of ether oxygens (including phenoxy) is 2. The van der Waals surface area contributed by atoms with Crippen molar-refractivity contribution in [2.75, 3.05) is 19.5 Å². The van der Waals surface area contributed by atoms with E-state index >= 15 is 0 Å². The Hall–Kier alpha value is -3.10. The number of benzene rings is 2. The number of thioether (sulfide) groups is 1. The molecule has 1 aliphatic heterocycles. The van der Waals surface area contributed by atoms with Gasteiger partial charge >= 0.3 is 5.97 Å². The molecule has 0 saturated heterocycles. The quantitative estimate of drug-likeness (QED) is 0.368. The molecular weight excluding hydrogens is 468 g/mol. The predicted octanol–water partition coefficient (Wildman–Crippen LogP) is 3.92. The molecule has 4 rings (SSSR count). The van der Waals surface area contributed by atoms with Crippen LogP contribution in [0.2, 0.25) is 0 Å². The highest BCUT2D eigenvalue weighted by Crippen LogP contribution is 2.31. The fourth-order valence-electron chi connectivity index (χ4n) is 3.87. The minimum atomic E-state index is -0.603. The molecule has 0 fully saturated rings. The maximum atomic E-state index is 13.6. The summed E-state index contributed by atoms with van der Waals surface area (Å²) in [4.78, 5) is 32.8. The van der Waals surface area contributed by atoms with Gasteiger partial charge in [0.25, 0.3) is 5.56 Å². The molecule has 0 spiro atoms. The standard InChI is InChI=1S/C26H26N2O4S2/c1-5-31-19-11-7-17(8-12-19)15-21-24(29)28-23(18-9-13-20(33-4)14-10-18)22(25(30)32-6-2)16(3)27-26(28)34-21/h7-15,23H,5-6H2,1-4H3/b21-15-/t23-/m1/s1. The lowest BCUT2D eigenvalue weighted by Crippen LogP contribution is -2.39. The maximum absolute atomic E-state index is 13.6. The minimum absolute atomic E-state index is 0.189. The number of allylic oxidation sites excluding steroid dienone is 1. The number of carbonyl (C=O) groups excluding carboxylic acids is 1. The number of nitrogens with zero attached hydrogens (tertiary/aromatic N) is 2. The van der Waals surface area contributed by atoms with Crippen LogP contribution in [0.1, 0.15) is 37.9 Å². The maximum Gasteiger partial charge on any atom is 0.338 e. The fourth-order valence-corrected chi connectivity index (χ4v) is 5.33. The van der Waals surface area contributed by atoms with E-state index in [1.54, 1.807) is 30.2 Å². The minimum Gasteiger partial charge on any atom is -0.494 e. The van der Waals surface area contributed by atoms with Crippen molar-refractivity contribution in [3.63, 3.8) is 0 Å². The molecule has 0 saturated carbocycles. The van der Waals surface area contributed by atoms with Crippen molar-refractivity contribution in [1.29, 1.82) is 0 Å². The molecule has 0 unspecified atom stereocenters. The number of hydrogen-bond acceptors (Lipinski definition) is 7. The highest BCUT2D eigenvalue weighted by Gasteiger charge is 2.33. The normalized spacial score (nSPS) is 15.6. The van der Waals surface area contributed by atoms with Gasteiger partial charge in [0.2, 0.25) is 0 Å². The van der Waals surface area contributed by atoms with Gasteiger partial charge < -0.3 is 9.47 Å². The first-order valence-electron chi connectivity index (χ1n) is 11.0. The molecule has 0 radical (unpaired) electrons. The molecule has 6 nitrogen and oxygen atoms in total. The van der Waals surface area contributed by atoms with Crippen LogP contribution in [-0.4, -0.2) is 30.0 Å². The molecule has 0 aliphatic carbocycles. The van der Waals surface area contributed by atoms with E-state index in [1.165, 1.54) is 11.3 Å². The third-order valence-corrected chi connectivity index (χ3v) is 7.16. The largest absolute Gasteiger partial charge is 0.494 e. The van der Waals surface area contributed by atoms with Crippen LogP contribution in [0.3, 0.4) is 0 Å². The summed E-state index contributed by atoms with van der Waals surface area (Å²) in [6.07, 6.45) is 3.85. The Kier molecular flexibility index (Phi) is 7.38. The van der Waals surface area contributed by atoms with Gasteiger partial charge in [0.05, 0.1) is 35.1 Å². The number of carbonyl (C=O) groups is 1. The lowest BCUT2D eigenvalue weighted by molar-refractivity contribution is -0.139. The second-order valence-corrected chi connectivity index (χ2v) is 9.47. The van der Waals surface area contributed by atoms with E-state index in [-0.39, 0.29) is 12.2 Å². The Balaban J connectivity index is 1.87. The smallest absolute Gasteiger partial charge is 0.338 e. The second kappa shape index (κ2) is 10.4. The van der Waals surface area contributed by atoms with E-state index in [2.05, 4.69) is 4.99 Å². The van der Waals surface area contributed by atoms with E-state index in [1.807, 2.05) is 67.8 Å². The van der Waals surface area contributed by atoms with E-state index < -0.39 is 12.0 Å². The van der Waals surface area contributed by atoms with Crippen LogP contribution in [0.4, 0.5) is 0 Å². The zero-order valence-corrected chi connectivity index (χ0v) is 21.2. The number of fused-ring (bicyclic) bond motifs is 1. The van der Waals surface area contributed by atoms with Crippen molar-refractivity contribution in [2.24, 2.45) is 4.99 Å². The summed E-state index contributed by atoms with van der Waals surface area (Å²) in [7, 11) is 0. The SMILES string of the molecule is CCOC(=O)C1=C(C)N=c2s/c(=C\c3ccc(OCC)cc3)c(=O)n2[C@@H]1c1ccc(SC)cc1. The van der Waals surface area contributed by atoms with Crippen molar-refractivity contribution >= 4 is 35.1 Å². The van der Waals surface area contributed by atoms with Gasteiger partial charge in [-0.1, -0.05) is 35.6 Å². The van der Waals surface area contributed by atoms with E-state index in [4.69, 9.17) is 9.47 Å². The van der Waals surface area contributed by atoms with Crippen LogP contribution in [0.15, 0.2) is 74.5 Å². The highest BCUT2D eigenvalue weighted by atomic mass is 32.2. The predicted molar refractivity (Wildman–Crippen MR) is 136 cm³/mol. The van der Waals surface area contributed by atoms with Gasteiger partial charge in [-0.05, 0) is 68.5 Å². The zero-order chi connectivity index (χ0) is 24.2. The molecule has 2 heterocycles. The topological polar surface area (TPSA) is 69.9 Å². The Morgan fingerprint density at radius 2 is 1.82 bits per heavy atom. The Morgan fingerprint density at radius 3 is 2.44 bits per heavy atom. The number of rotatable bonds is 7. The summed E-state index contributed by atoms with van der Waals surface area (Å²) in [6.45, 7) is 6.33. The molecule has 1 atom stereocenters. The summed E-state index contributed by atoms with van der Waals surface area (Å²) in [6, 6.07) is 14.9. The Morgan fingerprint density at radius 1 is 1.12 bits per heavy atom. The van der Waals surface area contributed by atoms with Gasteiger partial charge in [-0.3, -0.25) is 9.36 Å². The van der Waals surface area contributed by atoms with Crippen LogP contribution in [0, 0.1) is 0 Å². The average Bonchev–Trinajstić information content (AvgIpc) is 3.14. The van der Waals surface area contributed by atoms with E-state index in [0.29, 0.717) is 27.2 Å². The van der Waals surface area contributed by atoms with Crippen molar-refractivity contribution in [1.82, 2.24) is 4.57 Å². The van der Waals surface area contributed by atoms with Crippen molar-refractivity contribution in [3.05, 3.63) is 90.6 Å². The molecule has 2 aromatic carbocycles. The first-order chi connectivity index (χ1) is 16.5. The molecule has 1 aromatic heterocycles. The van der Waals surface area contributed by atoms with Crippen LogP contribution < -0.4 is 19.6 Å². The Labute approximate surface area is 206 Å². The third kappa shape index (κ3) is 4.74. The zero-order valence-electron chi connectivity index (χ0n) is 19.5. The number of esters is 1. The molecule has 0 bridgehead atoms. The molecular formula is C26H26N2O4S2. The average molecular weight is 495 g/mol. The van der Waals surface area contributed by atoms with Gasteiger partial charge in [0.1, 0.15) is 5.75 Å². The Bertz CT molecular complexity index is 1400. The summed E-state index contributed by atoms with van der Waals surface area (Å²) in [5.74, 6) is 0.327. The van der Waals surface area contributed by atoms with Crippen molar-refractivity contribution in [3.8, 4) is 5.75 Å². The molecule has 0 N–H and O–H groups in total. The molecule has 3 aromatic rings. The van der Waals surface area contributed by atoms with Gasteiger partial charge in [-0.25, -0.2) is 9.79 Å². The summed E-state index contributed by atoms with van der Waals surface area (Å²) >= 11 is 2.95. The first-order valence-corrected chi connectivity index (χ1v) is 13.1. The van der Waals surface area contributed by atoms with Crippen molar-refractivity contribution in [2.45, 2.75) is 31.7 Å². The fraction of sp³-hybridized carbons (Fsp3) is 0.269. The molecule has 8 heteroatoms. The molecule has 0 amide bonds. The van der Waals surface area contributed by atoms with Crippen LogP contribution in [0.25, 0.3) is 6.08 Å². The van der Waals surface area contributed by atoms with Gasteiger partial charge in [0, 0.05) is 4.90 Å². The lowest BCUT2D eigenvalue weighted by Gasteiger charge is -2.24. The van der Waals surface area contributed by atoms with E-state index in [0.717, 1.165) is 21.8 Å². The van der Waals surface area contributed by atoms with Gasteiger partial charge in [-0.2, -0.15) is 0 Å². The number of hydrogen-bond donors (Lipinski definition) is 0. The summed E-state index contributed by atoms with van der Waals surface area (Å²) in [5.41, 5.74) is 2.48. The van der Waals surface area contributed by atoms with Gasteiger partial charge in [0.15, 0.2) is 4.80 Å². The number of aromatic nitrogens is 1. The van der Waals surface area contributed by atoms with E-state index in [9.17, 15) is 9.59 Å². The monoisotopic (exact) mass is 494 g/mol. The van der Waals surface area contributed by atoms with Crippen molar-refractivity contribution < 1.29 is 14.3 Å². The number of thiazole rings is 1. The first kappa shape index (κ1) is 24.0. The summed E-state index contributed by atoms with van der Waals surface area (Å²) in [5, 5.41) is 0. The molecule has 1 aliphatic rings. The molecule has 176 valence electrons. The lowest BCUT2D eigenvalue weighted by atomic mass is 9.96. The molecule has 34 heavy (non-hydrogen) atoms. The van der Waals surface area contributed by atoms with Crippen LogP contribution in [0.5, 0.6) is 5.75 Å². The van der Waals surface area contributed by atoms with Gasteiger partial charge in [-0.15, -0.1) is 11.8 Å². The third-order valence-electron chi connectivity index (χ3n) is 5.44.